The minimum atomic E-state index is -4.47. The first-order valence-corrected chi connectivity index (χ1v) is 8.09. The van der Waals surface area contributed by atoms with Crippen molar-refractivity contribution in [3.05, 3.63) is 71.3 Å². The van der Waals surface area contributed by atoms with Crippen LogP contribution in [0.3, 0.4) is 0 Å². The molecular formula is C19H19F3N2O2. The molecule has 2 amide bonds. The first-order chi connectivity index (χ1) is 12.3. The van der Waals surface area contributed by atoms with Gasteiger partial charge in [0.1, 0.15) is 6.04 Å². The van der Waals surface area contributed by atoms with Crippen LogP contribution in [-0.4, -0.2) is 17.9 Å². The van der Waals surface area contributed by atoms with E-state index in [0.717, 1.165) is 36.2 Å². The van der Waals surface area contributed by atoms with Crippen LogP contribution in [0, 0.1) is 0 Å². The number of amides is 2. The van der Waals surface area contributed by atoms with Crippen molar-refractivity contribution in [1.29, 1.82) is 0 Å². The molecule has 0 unspecified atom stereocenters. The second-order valence-electron chi connectivity index (χ2n) is 5.88. The molecule has 4 nitrogen and oxygen atoms in total. The molecule has 2 rings (SSSR count). The highest BCUT2D eigenvalue weighted by atomic mass is 19.4. The summed E-state index contributed by atoms with van der Waals surface area (Å²) < 4.78 is 37.7. The first-order valence-electron chi connectivity index (χ1n) is 8.09. The number of alkyl halides is 3. The minimum Gasteiger partial charge on any atom is -0.368 e. The molecule has 0 aliphatic rings. The normalized spacial score (nSPS) is 12.4. The summed E-state index contributed by atoms with van der Waals surface area (Å²) in [7, 11) is 0. The third kappa shape index (κ3) is 5.61. The third-order valence-electron chi connectivity index (χ3n) is 3.92. The Bertz CT molecular complexity index is 744. The molecule has 0 spiro atoms. The lowest BCUT2D eigenvalue weighted by Crippen LogP contribution is -2.44. The SMILES string of the molecule is NC(=O)[C@H](CCCc1ccccc1)NC(=O)c1ccc(C(F)(F)F)cc1. The van der Waals surface area contributed by atoms with Crippen LogP contribution in [0.4, 0.5) is 13.2 Å². The van der Waals surface area contributed by atoms with Gasteiger partial charge in [0, 0.05) is 5.56 Å². The van der Waals surface area contributed by atoms with Gasteiger partial charge >= 0.3 is 6.18 Å². The highest BCUT2D eigenvalue weighted by molar-refractivity contribution is 5.97. The van der Waals surface area contributed by atoms with Crippen molar-refractivity contribution >= 4 is 11.8 Å². The van der Waals surface area contributed by atoms with E-state index in [-0.39, 0.29) is 5.56 Å². The number of halogens is 3. The van der Waals surface area contributed by atoms with Crippen LogP contribution in [0.25, 0.3) is 0 Å². The number of hydrogen-bond acceptors (Lipinski definition) is 2. The molecule has 0 heterocycles. The lowest BCUT2D eigenvalue weighted by molar-refractivity contribution is -0.137. The van der Waals surface area contributed by atoms with Gasteiger partial charge in [-0.2, -0.15) is 13.2 Å². The summed E-state index contributed by atoms with van der Waals surface area (Å²) >= 11 is 0. The van der Waals surface area contributed by atoms with E-state index < -0.39 is 29.6 Å². The number of hydrogen-bond donors (Lipinski definition) is 2. The van der Waals surface area contributed by atoms with Gasteiger partial charge < -0.3 is 11.1 Å². The van der Waals surface area contributed by atoms with Crippen LogP contribution >= 0.6 is 0 Å². The molecule has 0 aliphatic carbocycles. The zero-order valence-corrected chi connectivity index (χ0v) is 13.9. The average Bonchev–Trinajstić information content (AvgIpc) is 2.61. The van der Waals surface area contributed by atoms with Crippen molar-refractivity contribution < 1.29 is 22.8 Å². The molecule has 0 aliphatic heterocycles. The summed E-state index contributed by atoms with van der Waals surface area (Å²) in [5.41, 5.74) is 5.61. The molecule has 0 saturated carbocycles. The smallest absolute Gasteiger partial charge is 0.368 e. The Balaban J connectivity index is 1.94. The first kappa shape index (κ1) is 19.5. The third-order valence-corrected chi connectivity index (χ3v) is 3.92. The maximum atomic E-state index is 12.6. The van der Waals surface area contributed by atoms with Crippen molar-refractivity contribution in [2.45, 2.75) is 31.5 Å². The van der Waals surface area contributed by atoms with Gasteiger partial charge in [-0.1, -0.05) is 30.3 Å². The van der Waals surface area contributed by atoms with E-state index in [1.807, 2.05) is 30.3 Å². The number of aryl methyl sites for hydroxylation is 1. The van der Waals surface area contributed by atoms with Crippen molar-refractivity contribution in [3.8, 4) is 0 Å². The van der Waals surface area contributed by atoms with E-state index in [1.54, 1.807) is 0 Å². The van der Waals surface area contributed by atoms with Crippen LogP contribution < -0.4 is 11.1 Å². The van der Waals surface area contributed by atoms with Gasteiger partial charge in [0.15, 0.2) is 0 Å². The second kappa shape index (κ2) is 8.51. The van der Waals surface area contributed by atoms with Crippen LogP contribution in [0.15, 0.2) is 54.6 Å². The van der Waals surface area contributed by atoms with Gasteiger partial charge in [0.2, 0.25) is 5.91 Å². The fraction of sp³-hybridized carbons (Fsp3) is 0.263. The fourth-order valence-corrected chi connectivity index (χ4v) is 2.49. The molecule has 0 aromatic heterocycles. The standard InChI is InChI=1S/C19H19F3N2O2/c20-19(21,22)15-11-9-14(10-12-15)18(26)24-16(17(23)25)8-4-7-13-5-2-1-3-6-13/h1-3,5-6,9-12,16H,4,7-8H2,(H2,23,25)(H,24,26)/t16-/m0/s1. The zero-order chi connectivity index (χ0) is 19.2. The summed E-state index contributed by atoms with van der Waals surface area (Å²) in [5, 5.41) is 2.48. The van der Waals surface area contributed by atoms with Crippen LogP contribution in [0.2, 0.25) is 0 Å². The van der Waals surface area contributed by atoms with Crippen molar-refractivity contribution in [2.24, 2.45) is 5.73 Å². The Labute approximate surface area is 149 Å². The Morgan fingerprint density at radius 3 is 2.15 bits per heavy atom. The molecule has 3 N–H and O–H groups in total. The van der Waals surface area contributed by atoms with E-state index in [9.17, 15) is 22.8 Å². The van der Waals surface area contributed by atoms with Gasteiger partial charge in [0.05, 0.1) is 5.56 Å². The number of primary amides is 1. The Hall–Kier alpha value is -2.83. The molecule has 0 radical (unpaired) electrons. The van der Waals surface area contributed by atoms with E-state index in [4.69, 9.17) is 5.73 Å². The molecule has 2 aromatic rings. The van der Waals surface area contributed by atoms with Crippen LogP contribution in [-0.2, 0) is 17.4 Å². The Morgan fingerprint density at radius 2 is 1.62 bits per heavy atom. The summed E-state index contributed by atoms with van der Waals surface area (Å²) in [4.78, 5) is 23.7. The second-order valence-corrected chi connectivity index (χ2v) is 5.88. The molecule has 7 heteroatoms. The summed E-state index contributed by atoms with van der Waals surface area (Å²) in [6.07, 6.45) is -2.77. The molecule has 138 valence electrons. The van der Waals surface area contributed by atoms with E-state index >= 15 is 0 Å². The molecule has 0 saturated heterocycles. The van der Waals surface area contributed by atoms with Gasteiger partial charge in [-0.25, -0.2) is 0 Å². The Morgan fingerprint density at radius 1 is 1.00 bits per heavy atom. The molecule has 0 bridgehead atoms. The largest absolute Gasteiger partial charge is 0.416 e. The number of carbonyl (C=O) groups excluding carboxylic acids is 2. The highest BCUT2D eigenvalue weighted by Crippen LogP contribution is 2.29. The quantitative estimate of drug-likeness (QED) is 0.791. The summed E-state index contributed by atoms with van der Waals surface area (Å²) in [6, 6.07) is 12.5. The number of rotatable bonds is 7. The predicted octanol–water partition coefficient (Wildman–Crippen LogP) is 3.31. The minimum absolute atomic E-state index is 0.0345. The van der Waals surface area contributed by atoms with E-state index in [0.29, 0.717) is 12.8 Å². The maximum absolute atomic E-state index is 12.6. The summed E-state index contributed by atoms with van der Waals surface area (Å²) in [6.45, 7) is 0. The Kier molecular flexibility index (Phi) is 6.38. The highest BCUT2D eigenvalue weighted by Gasteiger charge is 2.30. The van der Waals surface area contributed by atoms with Gasteiger partial charge in [0.25, 0.3) is 5.91 Å². The number of carbonyl (C=O) groups is 2. The topological polar surface area (TPSA) is 72.2 Å². The molecular weight excluding hydrogens is 345 g/mol. The fourth-order valence-electron chi connectivity index (χ4n) is 2.49. The lowest BCUT2D eigenvalue weighted by atomic mass is 10.0. The van der Waals surface area contributed by atoms with Gasteiger partial charge in [-0.05, 0) is 49.1 Å². The average molecular weight is 364 g/mol. The van der Waals surface area contributed by atoms with E-state index in [1.165, 1.54) is 0 Å². The van der Waals surface area contributed by atoms with Crippen molar-refractivity contribution in [3.63, 3.8) is 0 Å². The van der Waals surface area contributed by atoms with Gasteiger partial charge in [-0.15, -0.1) is 0 Å². The molecule has 0 fully saturated rings. The molecule has 1 atom stereocenters. The monoisotopic (exact) mass is 364 g/mol. The van der Waals surface area contributed by atoms with Crippen molar-refractivity contribution in [2.75, 3.05) is 0 Å². The van der Waals surface area contributed by atoms with Crippen molar-refractivity contribution in [1.82, 2.24) is 5.32 Å². The predicted molar refractivity (Wildman–Crippen MR) is 91.3 cm³/mol. The lowest BCUT2D eigenvalue weighted by Gasteiger charge is -2.16. The number of benzene rings is 2. The molecule has 26 heavy (non-hydrogen) atoms. The van der Waals surface area contributed by atoms with Gasteiger partial charge in [-0.3, -0.25) is 9.59 Å². The number of nitrogens with two attached hydrogens (primary N) is 1. The maximum Gasteiger partial charge on any atom is 0.416 e. The number of nitrogens with one attached hydrogen (secondary N) is 1. The van der Waals surface area contributed by atoms with Crippen LogP contribution in [0.5, 0.6) is 0 Å². The van der Waals surface area contributed by atoms with E-state index in [2.05, 4.69) is 5.32 Å². The summed E-state index contributed by atoms with van der Waals surface area (Å²) in [5.74, 6) is -1.32. The van der Waals surface area contributed by atoms with Crippen LogP contribution in [0.1, 0.15) is 34.3 Å². The zero-order valence-electron chi connectivity index (χ0n) is 13.9. The molecule has 2 aromatic carbocycles.